The van der Waals surface area contributed by atoms with Crippen molar-refractivity contribution in [3.63, 3.8) is 0 Å². The maximum Gasteiger partial charge on any atom is 0.254 e. The van der Waals surface area contributed by atoms with Gasteiger partial charge in [-0.3, -0.25) is 14.4 Å². The number of carbonyl (C=O) groups is 3. The van der Waals surface area contributed by atoms with Crippen LogP contribution in [-0.2, 0) is 22.6 Å². The molecule has 4 rings (SSSR count). The van der Waals surface area contributed by atoms with Gasteiger partial charge in [-0.15, -0.1) is 0 Å². The lowest BCUT2D eigenvalue weighted by atomic mass is 9.98. The number of aliphatic hydroxyl groups is 1. The number of benzene rings is 3. The summed E-state index contributed by atoms with van der Waals surface area (Å²) in [6.07, 6.45) is -3.75. The molecule has 4 unspecified atom stereocenters. The second-order valence-electron chi connectivity index (χ2n) is 9.96. The minimum atomic E-state index is -1.86. The summed E-state index contributed by atoms with van der Waals surface area (Å²) in [6.45, 7) is 0.680. The Labute approximate surface area is 234 Å². The highest BCUT2D eigenvalue weighted by atomic mass is 19.1. The SMILES string of the molecule is Cc1c(O)cccc1C(=O)NC(Cc1ccccc1)C(O)C(=O)N1CC(F)CC1C(=O)NCc1cc(F)ccc1F. The average Bonchev–Trinajstić information content (AvgIpc) is 3.35. The molecule has 216 valence electrons. The fraction of sp³-hybridized carbons (Fsp3) is 0.300. The summed E-state index contributed by atoms with van der Waals surface area (Å²) in [5, 5.41) is 26.2. The molecule has 1 aliphatic heterocycles. The Hall–Kier alpha value is -4.38. The fourth-order valence-corrected chi connectivity index (χ4v) is 4.82. The molecule has 11 heteroatoms. The van der Waals surface area contributed by atoms with E-state index in [-0.39, 0.29) is 29.7 Å². The van der Waals surface area contributed by atoms with Crippen LogP contribution >= 0.6 is 0 Å². The highest BCUT2D eigenvalue weighted by Gasteiger charge is 2.43. The molecule has 3 aromatic carbocycles. The molecule has 0 bridgehead atoms. The number of hydrogen-bond donors (Lipinski definition) is 4. The number of rotatable bonds is 9. The van der Waals surface area contributed by atoms with Gasteiger partial charge in [0.1, 0.15) is 29.6 Å². The Kier molecular flexibility index (Phi) is 9.28. The maximum absolute atomic E-state index is 14.5. The lowest BCUT2D eigenvalue weighted by Crippen LogP contribution is -2.55. The molecule has 0 spiro atoms. The van der Waals surface area contributed by atoms with E-state index in [1.807, 2.05) is 0 Å². The zero-order valence-corrected chi connectivity index (χ0v) is 22.2. The van der Waals surface area contributed by atoms with E-state index in [9.17, 15) is 37.8 Å². The first-order valence-electron chi connectivity index (χ1n) is 13.0. The third kappa shape index (κ3) is 7.04. The summed E-state index contributed by atoms with van der Waals surface area (Å²) < 4.78 is 42.0. The first kappa shape index (κ1) is 29.6. The van der Waals surface area contributed by atoms with Crippen molar-refractivity contribution in [3.8, 4) is 5.75 Å². The van der Waals surface area contributed by atoms with Gasteiger partial charge in [-0.2, -0.15) is 0 Å². The minimum Gasteiger partial charge on any atom is -0.508 e. The predicted octanol–water partition coefficient (Wildman–Crippen LogP) is 2.94. The molecule has 0 saturated carbocycles. The summed E-state index contributed by atoms with van der Waals surface area (Å²) in [5.74, 6) is -3.97. The van der Waals surface area contributed by atoms with Crippen LogP contribution in [0.3, 0.4) is 0 Å². The normalized spacial score (nSPS) is 18.0. The van der Waals surface area contributed by atoms with Crippen LogP contribution in [0, 0.1) is 18.6 Å². The number of nitrogens with one attached hydrogen (secondary N) is 2. The van der Waals surface area contributed by atoms with E-state index >= 15 is 0 Å². The minimum absolute atomic E-state index is 0.0277. The van der Waals surface area contributed by atoms with E-state index in [1.165, 1.54) is 18.2 Å². The summed E-state index contributed by atoms with van der Waals surface area (Å²) in [6, 6.07) is 13.4. The van der Waals surface area contributed by atoms with Gasteiger partial charge in [-0.1, -0.05) is 36.4 Å². The van der Waals surface area contributed by atoms with Crippen LogP contribution in [0.2, 0.25) is 0 Å². The van der Waals surface area contributed by atoms with Crippen LogP contribution in [-0.4, -0.2) is 63.7 Å². The highest BCUT2D eigenvalue weighted by molar-refractivity contribution is 5.97. The van der Waals surface area contributed by atoms with Gasteiger partial charge in [-0.05, 0) is 49.2 Å². The fourth-order valence-electron chi connectivity index (χ4n) is 4.82. The molecule has 1 fully saturated rings. The zero-order chi connectivity index (χ0) is 29.7. The number of halogens is 3. The Bertz CT molecular complexity index is 1420. The lowest BCUT2D eigenvalue weighted by Gasteiger charge is -2.30. The third-order valence-corrected chi connectivity index (χ3v) is 7.10. The monoisotopic (exact) mass is 569 g/mol. The molecule has 1 heterocycles. The molecule has 1 aliphatic rings. The van der Waals surface area contributed by atoms with Crippen molar-refractivity contribution in [2.45, 2.75) is 50.7 Å². The lowest BCUT2D eigenvalue weighted by molar-refractivity contribution is -0.146. The number of aliphatic hydroxyl groups excluding tert-OH is 1. The van der Waals surface area contributed by atoms with E-state index < -0.39 is 66.8 Å². The number of phenols is 1. The number of phenolic OH excluding ortho intramolecular Hbond substituents is 1. The van der Waals surface area contributed by atoms with Crippen molar-refractivity contribution in [2.75, 3.05) is 6.54 Å². The van der Waals surface area contributed by atoms with E-state index in [0.29, 0.717) is 11.1 Å². The van der Waals surface area contributed by atoms with Gasteiger partial charge in [0.2, 0.25) is 5.91 Å². The van der Waals surface area contributed by atoms with Gasteiger partial charge >= 0.3 is 0 Å². The van der Waals surface area contributed by atoms with E-state index in [2.05, 4.69) is 10.6 Å². The number of alkyl halides is 1. The zero-order valence-electron chi connectivity index (χ0n) is 22.2. The van der Waals surface area contributed by atoms with Crippen molar-refractivity contribution in [1.82, 2.24) is 15.5 Å². The second-order valence-corrected chi connectivity index (χ2v) is 9.96. The first-order valence-corrected chi connectivity index (χ1v) is 13.0. The molecule has 4 N–H and O–H groups in total. The number of likely N-dealkylation sites (tertiary alicyclic amines) is 1. The van der Waals surface area contributed by atoms with Crippen molar-refractivity contribution >= 4 is 17.7 Å². The predicted molar refractivity (Wildman–Crippen MR) is 143 cm³/mol. The van der Waals surface area contributed by atoms with E-state index in [1.54, 1.807) is 37.3 Å². The van der Waals surface area contributed by atoms with Gasteiger partial charge < -0.3 is 25.7 Å². The Morgan fingerprint density at radius 3 is 2.51 bits per heavy atom. The molecular formula is C30H30F3N3O5. The Morgan fingerprint density at radius 1 is 1.05 bits per heavy atom. The summed E-state index contributed by atoms with van der Waals surface area (Å²) >= 11 is 0. The van der Waals surface area contributed by atoms with Crippen LogP contribution in [0.5, 0.6) is 5.75 Å². The molecule has 0 aromatic heterocycles. The van der Waals surface area contributed by atoms with Crippen molar-refractivity contribution in [3.05, 3.63) is 101 Å². The third-order valence-electron chi connectivity index (χ3n) is 7.10. The van der Waals surface area contributed by atoms with Crippen LogP contribution in [0.25, 0.3) is 0 Å². The van der Waals surface area contributed by atoms with Crippen molar-refractivity contribution in [2.24, 2.45) is 0 Å². The molecule has 8 nitrogen and oxygen atoms in total. The molecule has 1 saturated heterocycles. The van der Waals surface area contributed by atoms with Gasteiger partial charge in [0.25, 0.3) is 11.8 Å². The Morgan fingerprint density at radius 2 is 1.78 bits per heavy atom. The largest absolute Gasteiger partial charge is 0.508 e. The van der Waals surface area contributed by atoms with Crippen molar-refractivity contribution < 1.29 is 37.8 Å². The summed E-state index contributed by atoms with van der Waals surface area (Å²) in [4.78, 5) is 40.4. The summed E-state index contributed by atoms with van der Waals surface area (Å²) in [5.41, 5.74) is 0.998. The van der Waals surface area contributed by atoms with Gasteiger partial charge in [0, 0.05) is 29.7 Å². The number of carbonyl (C=O) groups excluding carboxylic acids is 3. The van der Waals surface area contributed by atoms with Crippen LogP contribution in [0.4, 0.5) is 13.2 Å². The molecule has 4 atom stereocenters. The molecule has 0 radical (unpaired) electrons. The van der Waals surface area contributed by atoms with E-state index in [4.69, 9.17) is 0 Å². The molecule has 0 aliphatic carbocycles. The highest BCUT2D eigenvalue weighted by Crippen LogP contribution is 2.24. The maximum atomic E-state index is 14.5. The van der Waals surface area contributed by atoms with Gasteiger partial charge in [0.05, 0.1) is 12.6 Å². The Balaban J connectivity index is 1.53. The van der Waals surface area contributed by atoms with Gasteiger partial charge in [0.15, 0.2) is 6.10 Å². The first-order chi connectivity index (χ1) is 19.5. The smallest absolute Gasteiger partial charge is 0.254 e. The number of aromatic hydroxyl groups is 1. The van der Waals surface area contributed by atoms with Crippen LogP contribution < -0.4 is 10.6 Å². The molecule has 3 aromatic rings. The number of nitrogens with zero attached hydrogens (tertiary/aromatic N) is 1. The molecule has 3 amide bonds. The molecule has 41 heavy (non-hydrogen) atoms. The topological polar surface area (TPSA) is 119 Å². The summed E-state index contributed by atoms with van der Waals surface area (Å²) in [7, 11) is 0. The number of hydrogen-bond acceptors (Lipinski definition) is 5. The molecular weight excluding hydrogens is 539 g/mol. The average molecular weight is 570 g/mol. The van der Waals surface area contributed by atoms with Crippen LogP contribution in [0.1, 0.15) is 33.5 Å². The quantitative estimate of drug-likeness (QED) is 0.316. The van der Waals surface area contributed by atoms with Crippen molar-refractivity contribution in [1.29, 1.82) is 0 Å². The van der Waals surface area contributed by atoms with Gasteiger partial charge in [-0.25, -0.2) is 13.2 Å². The van der Waals surface area contributed by atoms with Crippen LogP contribution in [0.15, 0.2) is 66.7 Å². The van der Waals surface area contributed by atoms with E-state index in [0.717, 1.165) is 23.1 Å². The number of amides is 3. The standard InChI is InChI=1S/C30H30F3N3O5/c1-17-22(8-5-9-26(17)37)28(39)35-24(12-18-6-3-2-4-7-18)27(38)30(41)36-16-21(32)14-25(36)29(40)34-15-19-13-20(31)10-11-23(19)33/h2-11,13,21,24-25,27,37-38H,12,14-16H2,1H3,(H,34,40)(H,35,39). The second kappa shape index (κ2) is 12.9.